The van der Waals surface area contributed by atoms with Gasteiger partial charge in [0, 0.05) is 35.0 Å². The van der Waals surface area contributed by atoms with E-state index in [2.05, 4.69) is 17.3 Å². The molecule has 0 amide bonds. The molecule has 0 bridgehead atoms. The Kier molecular flexibility index (Phi) is 5.72. The van der Waals surface area contributed by atoms with Crippen LogP contribution in [0.3, 0.4) is 0 Å². The summed E-state index contributed by atoms with van der Waals surface area (Å²) in [4.78, 5) is 0. The zero-order valence-electron chi connectivity index (χ0n) is 7.88. The summed E-state index contributed by atoms with van der Waals surface area (Å²) in [6, 6.07) is 0.352. The zero-order valence-corrected chi connectivity index (χ0v) is 9.51. The third kappa shape index (κ3) is 3.82. The van der Waals surface area contributed by atoms with Gasteiger partial charge in [-0.1, -0.05) is 0 Å². The standard InChI is InChI=1S/C9H16N2S2/c1-2-3-4-8(11-10)9-7-12-5-6-13-9/h8-9,11H,4-7,10H2,1H3. The number of nitrogens with one attached hydrogen (secondary N) is 1. The molecule has 1 heterocycles. The van der Waals surface area contributed by atoms with E-state index in [-0.39, 0.29) is 0 Å². The van der Waals surface area contributed by atoms with Gasteiger partial charge in [0.2, 0.25) is 0 Å². The lowest BCUT2D eigenvalue weighted by Gasteiger charge is -2.27. The summed E-state index contributed by atoms with van der Waals surface area (Å²) in [6.45, 7) is 1.87. The highest BCUT2D eigenvalue weighted by atomic mass is 32.2. The van der Waals surface area contributed by atoms with Crippen LogP contribution in [0.15, 0.2) is 0 Å². The average molecular weight is 216 g/mol. The maximum atomic E-state index is 5.50. The van der Waals surface area contributed by atoms with Gasteiger partial charge in [0.15, 0.2) is 0 Å². The summed E-state index contributed by atoms with van der Waals surface area (Å²) in [5.74, 6) is 15.2. The summed E-state index contributed by atoms with van der Waals surface area (Å²) in [7, 11) is 0. The summed E-state index contributed by atoms with van der Waals surface area (Å²) < 4.78 is 0. The number of rotatable bonds is 3. The molecule has 1 rings (SSSR count). The Balaban J connectivity index is 2.37. The molecule has 13 heavy (non-hydrogen) atoms. The molecule has 0 saturated carbocycles. The van der Waals surface area contributed by atoms with Gasteiger partial charge in [-0.05, 0) is 6.92 Å². The molecule has 0 aromatic carbocycles. The van der Waals surface area contributed by atoms with Crippen molar-refractivity contribution in [2.45, 2.75) is 24.6 Å². The van der Waals surface area contributed by atoms with Crippen molar-refractivity contribution < 1.29 is 0 Å². The second-order valence-electron chi connectivity index (χ2n) is 2.89. The lowest BCUT2D eigenvalue weighted by molar-refractivity contribution is 0.537. The highest BCUT2D eigenvalue weighted by Crippen LogP contribution is 2.27. The van der Waals surface area contributed by atoms with E-state index in [9.17, 15) is 0 Å². The molecule has 4 heteroatoms. The average Bonchev–Trinajstić information content (AvgIpc) is 2.21. The van der Waals surface area contributed by atoms with E-state index in [1.54, 1.807) is 0 Å². The number of hydrogen-bond donors (Lipinski definition) is 2. The van der Waals surface area contributed by atoms with E-state index in [4.69, 9.17) is 5.84 Å². The Morgan fingerprint density at radius 2 is 2.46 bits per heavy atom. The van der Waals surface area contributed by atoms with E-state index < -0.39 is 0 Å². The monoisotopic (exact) mass is 216 g/mol. The minimum Gasteiger partial charge on any atom is -0.271 e. The molecule has 2 unspecified atom stereocenters. The van der Waals surface area contributed by atoms with E-state index in [1.165, 1.54) is 17.3 Å². The summed E-state index contributed by atoms with van der Waals surface area (Å²) in [5.41, 5.74) is 2.87. The molecule has 1 saturated heterocycles. The van der Waals surface area contributed by atoms with Gasteiger partial charge in [-0.3, -0.25) is 11.3 Å². The highest BCUT2D eigenvalue weighted by molar-refractivity contribution is 8.06. The van der Waals surface area contributed by atoms with Crippen molar-refractivity contribution in [1.82, 2.24) is 5.43 Å². The fourth-order valence-electron chi connectivity index (χ4n) is 1.25. The zero-order chi connectivity index (χ0) is 9.52. The molecule has 2 atom stereocenters. The molecule has 0 spiro atoms. The van der Waals surface area contributed by atoms with E-state index in [0.717, 1.165) is 6.42 Å². The Labute approximate surface area is 88.8 Å². The molecule has 0 aromatic heterocycles. The van der Waals surface area contributed by atoms with Gasteiger partial charge in [-0.15, -0.1) is 11.8 Å². The van der Waals surface area contributed by atoms with Crippen LogP contribution in [0.4, 0.5) is 0 Å². The van der Waals surface area contributed by atoms with Gasteiger partial charge in [-0.25, -0.2) is 0 Å². The first-order chi connectivity index (χ1) is 6.38. The van der Waals surface area contributed by atoms with Crippen LogP contribution in [0.25, 0.3) is 0 Å². The molecule has 1 fully saturated rings. The van der Waals surface area contributed by atoms with Crippen molar-refractivity contribution in [2.75, 3.05) is 17.3 Å². The van der Waals surface area contributed by atoms with Gasteiger partial charge in [0.05, 0.1) is 0 Å². The molecule has 3 N–H and O–H groups in total. The molecule has 74 valence electrons. The number of hydrogen-bond acceptors (Lipinski definition) is 4. The normalized spacial score (nSPS) is 24.6. The van der Waals surface area contributed by atoms with Crippen LogP contribution < -0.4 is 11.3 Å². The van der Waals surface area contributed by atoms with Gasteiger partial charge in [0.1, 0.15) is 0 Å². The van der Waals surface area contributed by atoms with Crippen molar-refractivity contribution in [1.29, 1.82) is 0 Å². The van der Waals surface area contributed by atoms with Crippen molar-refractivity contribution in [3.8, 4) is 11.8 Å². The largest absolute Gasteiger partial charge is 0.271 e. The summed E-state index contributed by atoms with van der Waals surface area (Å²) in [6.07, 6.45) is 0.866. The minimum atomic E-state index is 0.352. The molecule has 0 radical (unpaired) electrons. The molecule has 1 aliphatic rings. The quantitative estimate of drug-likeness (QED) is 0.421. The molecule has 0 aliphatic carbocycles. The van der Waals surface area contributed by atoms with Gasteiger partial charge < -0.3 is 0 Å². The van der Waals surface area contributed by atoms with Gasteiger partial charge >= 0.3 is 0 Å². The predicted octanol–water partition coefficient (Wildman–Crippen LogP) is 1.08. The molecular formula is C9H16N2S2. The predicted molar refractivity (Wildman–Crippen MR) is 62.7 cm³/mol. The van der Waals surface area contributed by atoms with Crippen LogP contribution in [0.2, 0.25) is 0 Å². The minimum absolute atomic E-state index is 0.352. The maximum absolute atomic E-state index is 5.50. The van der Waals surface area contributed by atoms with Crippen molar-refractivity contribution in [3.05, 3.63) is 0 Å². The second kappa shape index (κ2) is 6.61. The van der Waals surface area contributed by atoms with Crippen LogP contribution in [0, 0.1) is 11.8 Å². The Morgan fingerprint density at radius 1 is 1.62 bits per heavy atom. The first kappa shape index (κ1) is 11.3. The fraction of sp³-hybridized carbons (Fsp3) is 0.778. The summed E-state index contributed by atoms with van der Waals surface area (Å²) >= 11 is 4.03. The van der Waals surface area contributed by atoms with Gasteiger partial charge in [0.25, 0.3) is 0 Å². The molecule has 1 aliphatic heterocycles. The molecule has 2 nitrogen and oxygen atoms in total. The van der Waals surface area contributed by atoms with E-state index in [0.29, 0.717) is 11.3 Å². The lowest BCUT2D eigenvalue weighted by atomic mass is 10.1. The van der Waals surface area contributed by atoms with Crippen molar-refractivity contribution in [3.63, 3.8) is 0 Å². The lowest BCUT2D eigenvalue weighted by Crippen LogP contribution is -2.44. The van der Waals surface area contributed by atoms with E-state index in [1.807, 2.05) is 30.4 Å². The maximum Gasteiger partial charge on any atom is 0.0446 e. The molecule has 0 aromatic rings. The van der Waals surface area contributed by atoms with Crippen LogP contribution in [-0.4, -0.2) is 28.6 Å². The van der Waals surface area contributed by atoms with Crippen molar-refractivity contribution in [2.24, 2.45) is 5.84 Å². The van der Waals surface area contributed by atoms with Crippen LogP contribution >= 0.6 is 23.5 Å². The first-order valence-corrected chi connectivity index (χ1v) is 6.64. The fourth-order valence-corrected chi connectivity index (χ4v) is 4.12. The first-order valence-electron chi connectivity index (χ1n) is 4.43. The number of thioether (sulfide) groups is 2. The Morgan fingerprint density at radius 3 is 3.00 bits per heavy atom. The third-order valence-electron chi connectivity index (χ3n) is 2.00. The number of hydrazine groups is 1. The van der Waals surface area contributed by atoms with Gasteiger partial charge in [-0.2, -0.15) is 23.5 Å². The third-order valence-corrected chi connectivity index (χ3v) is 4.92. The van der Waals surface area contributed by atoms with Crippen LogP contribution in [-0.2, 0) is 0 Å². The SMILES string of the molecule is CC#CCC(NN)C1CSCCS1. The highest BCUT2D eigenvalue weighted by Gasteiger charge is 2.22. The summed E-state index contributed by atoms with van der Waals surface area (Å²) in [5, 5.41) is 0.629. The van der Waals surface area contributed by atoms with E-state index >= 15 is 0 Å². The van der Waals surface area contributed by atoms with Crippen LogP contribution in [0.5, 0.6) is 0 Å². The second-order valence-corrected chi connectivity index (χ2v) is 5.39. The Bertz CT molecular complexity index is 192. The molecular weight excluding hydrogens is 200 g/mol. The van der Waals surface area contributed by atoms with Crippen LogP contribution in [0.1, 0.15) is 13.3 Å². The van der Waals surface area contributed by atoms with Crippen molar-refractivity contribution >= 4 is 23.5 Å². The number of nitrogens with two attached hydrogens (primary N) is 1. The smallest absolute Gasteiger partial charge is 0.0446 e. The topological polar surface area (TPSA) is 38.0 Å². The Hall–Kier alpha value is 0.180.